The second-order valence-electron chi connectivity index (χ2n) is 3.47. The van der Waals surface area contributed by atoms with Gasteiger partial charge in [-0.3, -0.25) is 0 Å². The van der Waals surface area contributed by atoms with Crippen LogP contribution in [0.2, 0.25) is 0 Å². The van der Waals surface area contributed by atoms with Crippen LogP contribution in [-0.2, 0) is 9.84 Å². The van der Waals surface area contributed by atoms with Crippen molar-refractivity contribution >= 4 is 21.4 Å². The van der Waals surface area contributed by atoms with Crippen molar-refractivity contribution in [1.29, 1.82) is 0 Å². The normalized spacial score (nSPS) is 12.6. The van der Waals surface area contributed by atoms with E-state index in [0.29, 0.717) is 0 Å². The molecule has 0 saturated carbocycles. The topological polar surface area (TPSA) is 54.4 Å². The molecule has 0 spiro atoms. The highest BCUT2D eigenvalue weighted by molar-refractivity contribution is 7.91. The van der Waals surface area contributed by atoms with Crippen LogP contribution in [0.15, 0.2) is 52.1 Å². The first-order valence-corrected chi connectivity index (χ1v) is 7.03. The third-order valence-corrected chi connectivity index (χ3v) is 4.03. The fraction of sp³-hybridized carbons (Fsp3) is 0.250. The minimum absolute atomic E-state index is 0.0910. The molecule has 0 aliphatic rings. The highest BCUT2D eigenvalue weighted by atomic mass is 35.5. The molecule has 92 valence electrons. The molecule has 0 bridgehead atoms. The molecule has 0 aliphatic carbocycles. The number of rotatable bonds is 4. The smallest absolute Gasteiger partial charge is 0.182 e. The highest BCUT2D eigenvalue weighted by Gasteiger charge is 2.11. The van der Waals surface area contributed by atoms with Gasteiger partial charge in [0.05, 0.1) is 21.8 Å². The fourth-order valence-electron chi connectivity index (χ4n) is 1.09. The number of halogens is 1. The van der Waals surface area contributed by atoms with E-state index < -0.39 is 15.9 Å². The zero-order chi connectivity index (χ0) is 12.9. The van der Waals surface area contributed by atoms with Crippen LogP contribution >= 0.6 is 11.6 Å². The molecule has 1 atom stereocenters. The van der Waals surface area contributed by atoms with Gasteiger partial charge in [0.25, 0.3) is 0 Å². The number of hydrogen-bond acceptors (Lipinski definition) is 3. The quantitative estimate of drug-likeness (QED) is 0.854. The van der Waals surface area contributed by atoms with Crippen molar-refractivity contribution < 1.29 is 13.5 Å². The molecule has 0 fully saturated rings. The third kappa shape index (κ3) is 4.36. The van der Waals surface area contributed by atoms with Crippen molar-refractivity contribution in [1.82, 2.24) is 0 Å². The molecule has 3 nitrogen and oxygen atoms in total. The van der Waals surface area contributed by atoms with Gasteiger partial charge in [0.1, 0.15) is 0 Å². The summed E-state index contributed by atoms with van der Waals surface area (Å²) in [5.74, 6) is -0.194. The molecule has 1 unspecified atom stereocenters. The van der Waals surface area contributed by atoms with E-state index >= 15 is 0 Å². The summed E-state index contributed by atoms with van der Waals surface area (Å²) in [6.45, 7) is 1.48. The molecule has 0 radical (unpaired) electrons. The van der Waals surface area contributed by atoms with Gasteiger partial charge in [-0.25, -0.2) is 8.42 Å². The van der Waals surface area contributed by atoms with Gasteiger partial charge in [-0.15, -0.1) is 5.73 Å². The predicted octanol–water partition coefficient (Wildman–Crippen LogP) is 2.12. The second-order valence-corrected chi connectivity index (χ2v) is 5.91. The number of hydrogen-bond donors (Lipinski definition) is 1. The summed E-state index contributed by atoms with van der Waals surface area (Å²) in [5.41, 5.74) is 2.54. The first kappa shape index (κ1) is 14.0. The molecule has 0 amide bonds. The Morgan fingerprint density at radius 1 is 1.47 bits per heavy atom. The zero-order valence-corrected chi connectivity index (χ0v) is 10.9. The van der Waals surface area contributed by atoms with E-state index in [1.165, 1.54) is 25.1 Å². The number of aliphatic hydroxyl groups is 1. The van der Waals surface area contributed by atoms with Crippen LogP contribution in [0.5, 0.6) is 0 Å². The van der Waals surface area contributed by atoms with Crippen LogP contribution in [0.3, 0.4) is 0 Å². The lowest BCUT2D eigenvalue weighted by atomic mass is 10.4. The van der Waals surface area contributed by atoms with Crippen LogP contribution in [0, 0.1) is 0 Å². The Labute approximate surface area is 106 Å². The summed E-state index contributed by atoms with van der Waals surface area (Å²) in [6.07, 6.45) is 0.463. The van der Waals surface area contributed by atoms with Gasteiger partial charge in [-0.1, -0.05) is 29.8 Å². The van der Waals surface area contributed by atoms with E-state index in [4.69, 9.17) is 16.7 Å². The van der Waals surface area contributed by atoms with Crippen molar-refractivity contribution in [3.05, 3.63) is 47.2 Å². The number of sulfone groups is 1. The Morgan fingerprint density at radius 2 is 2.06 bits per heavy atom. The van der Waals surface area contributed by atoms with E-state index in [1.807, 2.05) is 0 Å². The van der Waals surface area contributed by atoms with Crippen LogP contribution < -0.4 is 0 Å². The lowest BCUT2D eigenvalue weighted by Gasteiger charge is -2.00. The molecule has 1 rings (SSSR count). The Kier molecular flexibility index (Phi) is 4.97. The van der Waals surface area contributed by atoms with Crippen LogP contribution in [0.4, 0.5) is 0 Å². The van der Waals surface area contributed by atoms with Gasteiger partial charge in [0, 0.05) is 0 Å². The molecule has 0 aliphatic heterocycles. The van der Waals surface area contributed by atoms with Crippen molar-refractivity contribution in [2.24, 2.45) is 0 Å². The summed E-state index contributed by atoms with van der Waals surface area (Å²) in [7, 11) is -3.35. The van der Waals surface area contributed by atoms with E-state index in [0.717, 1.165) is 0 Å². The van der Waals surface area contributed by atoms with Crippen molar-refractivity contribution in [2.45, 2.75) is 17.9 Å². The zero-order valence-electron chi connectivity index (χ0n) is 9.30. The van der Waals surface area contributed by atoms with Gasteiger partial charge in [0.15, 0.2) is 9.84 Å². The average Bonchev–Trinajstić information content (AvgIpc) is 2.29. The highest BCUT2D eigenvalue weighted by Crippen LogP contribution is 2.10. The molecule has 1 aromatic rings. The molecule has 0 saturated heterocycles. The van der Waals surface area contributed by atoms with Crippen LogP contribution in [0.1, 0.15) is 6.92 Å². The maximum atomic E-state index is 11.8. The van der Waals surface area contributed by atoms with Gasteiger partial charge >= 0.3 is 0 Å². The second kappa shape index (κ2) is 6.03. The Bertz CT molecular complexity index is 526. The largest absolute Gasteiger partial charge is 0.387 e. The maximum absolute atomic E-state index is 11.8. The Balaban J connectivity index is 2.87. The first-order chi connectivity index (χ1) is 7.93. The average molecular weight is 273 g/mol. The standard InChI is InChI=1S/C12H13ClO3S/c1-10(14)12(13)8-5-9-17(15,16)11-6-3-2-4-7-11/h2-7,10,14H,9H2,1H3. The summed E-state index contributed by atoms with van der Waals surface area (Å²) in [4.78, 5) is 0.256. The molecular formula is C12H13ClO3S. The third-order valence-electron chi connectivity index (χ3n) is 2.01. The van der Waals surface area contributed by atoms with Crippen molar-refractivity contribution in [3.8, 4) is 0 Å². The van der Waals surface area contributed by atoms with Gasteiger partial charge in [-0.2, -0.15) is 0 Å². The monoisotopic (exact) mass is 272 g/mol. The molecular weight excluding hydrogens is 260 g/mol. The van der Waals surface area contributed by atoms with E-state index in [1.54, 1.807) is 18.2 Å². The summed E-state index contributed by atoms with van der Waals surface area (Å²) < 4.78 is 23.6. The van der Waals surface area contributed by atoms with Gasteiger partial charge in [0.2, 0.25) is 0 Å². The minimum Gasteiger partial charge on any atom is -0.387 e. The maximum Gasteiger partial charge on any atom is 0.182 e. The van der Waals surface area contributed by atoms with E-state index in [9.17, 15) is 8.42 Å². The fourth-order valence-corrected chi connectivity index (χ4v) is 2.24. The first-order valence-electron chi connectivity index (χ1n) is 5.00. The SMILES string of the molecule is CC(O)C(Cl)=C=CCS(=O)(=O)c1ccccc1. The van der Waals surface area contributed by atoms with Gasteiger partial charge in [-0.05, 0) is 25.1 Å². The minimum atomic E-state index is -3.35. The molecule has 5 heteroatoms. The van der Waals surface area contributed by atoms with Crippen molar-refractivity contribution in [2.75, 3.05) is 5.75 Å². The summed E-state index contributed by atoms with van der Waals surface area (Å²) in [6, 6.07) is 8.13. The molecule has 17 heavy (non-hydrogen) atoms. The van der Waals surface area contributed by atoms with Crippen molar-refractivity contribution in [3.63, 3.8) is 0 Å². The number of aliphatic hydroxyl groups excluding tert-OH is 1. The lowest BCUT2D eigenvalue weighted by Crippen LogP contribution is -2.04. The van der Waals surface area contributed by atoms with Gasteiger partial charge < -0.3 is 5.11 Å². The van der Waals surface area contributed by atoms with Crippen LogP contribution in [-0.4, -0.2) is 25.4 Å². The van der Waals surface area contributed by atoms with E-state index in [-0.39, 0.29) is 15.7 Å². The summed E-state index contributed by atoms with van der Waals surface area (Å²) in [5, 5.41) is 9.16. The predicted molar refractivity (Wildman–Crippen MR) is 67.6 cm³/mol. The van der Waals surface area contributed by atoms with Crippen LogP contribution in [0.25, 0.3) is 0 Å². The summed E-state index contributed by atoms with van der Waals surface area (Å²) >= 11 is 5.62. The Morgan fingerprint density at radius 3 is 2.59 bits per heavy atom. The number of benzene rings is 1. The molecule has 0 heterocycles. The molecule has 0 aromatic heterocycles. The Hall–Kier alpha value is -1.06. The lowest BCUT2D eigenvalue weighted by molar-refractivity contribution is 0.240. The molecule has 1 aromatic carbocycles. The van der Waals surface area contributed by atoms with E-state index in [2.05, 4.69) is 5.73 Å². The molecule has 1 N–H and O–H groups in total.